The zero-order valence-electron chi connectivity index (χ0n) is 19.2. The van der Waals surface area contributed by atoms with E-state index in [1.165, 1.54) is 25.9 Å². The normalized spacial score (nSPS) is 20.4. The summed E-state index contributed by atoms with van der Waals surface area (Å²) in [5.74, 6) is 0. The number of likely N-dealkylation sites (tertiary alicyclic amines) is 1. The van der Waals surface area contributed by atoms with Gasteiger partial charge in [0.1, 0.15) is 0 Å². The fourth-order valence-corrected chi connectivity index (χ4v) is 3.76. The van der Waals surface area contributed by atoms with Gasteiger partial charge in [-0.15, -0.1) is 0 Å². The first kappa shape index (κ1) is 26.2. The van der Waals surface area contributed by atoms with Gasteiger partial charge in [-0.1, -0.05) is 69.2 Å². The van der Waals surface area contributed by atoms with Crippen molar-refractivity contribution in [3.8, 4) is 0 Å². The highest BCUT2D eigenvalue weighted by atomic mass is 16.5. The van der Waals surface area contributed by atoms with E-state index in [0.717, 1.165) is 13.2 Å². The van der Waals surface area contributed by atoms with Gasteiger partial charge in [-0.2, -0.15) is 0 Å². The molecule has 1 aliphatic heterocycles. The van der Waals surface area contributed by atoms with Gasteiger partial charge in [-0.05, 0) is 44.1 Å². The minimum absolute atomic E-state index is 0.231. The SMILES string of the molecule is CC.CC.CC(C)OCC(C)(C)CN1CCC(C)(C)CC(C)(C)C1. The molecule has 1 aliphatic rings. The van der Waals surface area contributed by atoms with Crippen LogP contribution in [-0.2, 0) is 4.74 Å². The first-order chi connectivity index (χ1) is 10.9. The number of rotatable bonds is 5. The highest BCUT2D eigenvalue weighted by Gasteiger charge is 2.35. The van der Waals surface area contributed by atoms with Gasteiger partial charge in [-0.25, -0.2) is 0 Å². The molecule has 0 aliphatic carbocycles. The highest BCUT2D eigenvalue weighted by Crippen LogP contribution is 2.40. The summed E-state index contributed by atoms with van der Waals surface area (Å²) in [5, 5.41) is 0. The third-order valence-corrected chi connectivity index (χ3v) is 4.17. The van der Waals surface area contributed by atoms with E-state index < -0.39 is 0 Å². The number of nitrogens with zero attached hydrogens (tertiary/aromatic N) is 1. The molecule has 2 nitrogen and oxygen atoms in total. The van der Waals surface area contributed by atoms with E-state index in [-0.39, 0.29) is 5.41 Å². The van der Waals surface area contributed by atoms with Crippen molar-refractivity contribution in [2.45, 2.75) is 102 Å². The van der Waals surface area contributed by atoms with Crippen molar-refractivity contribution in [2.24, 2.45) is 16.2 Å². The van der Waals surface area contributed by atoms with Crippen LogP contribution in [0.15, 0.2) is 0 Å². The van der Waals surface area contributed by atoms with Crippen molar-refractivity contribution >= 4 is 0 Å². The molecule has 1 heterocycles. The fraction of sp³-hybridized carbons (Fsp3) is 1.00. The average molecular weight is 344 g/mol. The maximum Gasteiger partial charge on any atom is 0.0532 e. The molecule has 0 N–H and O–H groups in total. The van der Waals surface area contributed by atoms with Crippen LogP contribution in [0.2, 0.25) is 0 Å². The van der Waals surface area contributed by atoms with Gasteiger partial charge in [-0.3, -0.25) is 0 Å². The molecule has 0 saturated carbocycles. The van der Waals surface area contributed by atoms with E-state index >= 15 is 0 Å². The summed E-state index contributed by atoms with van der Waals surface area (Å²) in [7, 11) is 0. The van der Waals surface area contributed by atoms with Crippen LogP contribution in [-0.4, -0.2) is 37.2 Å². The van der Waals surface area contributed by atoms with E-state index in [2.05, 4.69) is 60.3 Å². The molecule has 1 rings (SSSR count). The van der Waals surface area contributed by atoms with Gasteiger partial charge >= 0.3 is 0 Å². The van der Waals surface area contributed by atoms with Gasteiger partial charge in [0, 0.05) is 18.5 Å². The molecule has 2 heteroatoms. The second-order valence-corrected chi connectivity index (χ2v) is 9.49. The number of hydrogen-bond acceptors (Lipinski definition) is 2. The molecule has 1 saturated heterocycles. The number of hydrogen-bond donors (Lipinski definition) is 0. The van der Waals surface area contributed by atoms with Gasteiger partial charge in [0.15, 0.2) is 0 Å². The lowest BCUT2D eigenvalue weighted by atomic mass is 9.75. The molecule has 0 unspecified atom stereocenters. The summed E-state index contributed by atoms with van der Waals surface area (Å²) in [6.45, 7) is 31.0. The third kappa shape index (κ3) is 12.3. The lowest BCUT2D eigenvalue weighted by Crippen LogP contribution is -2.41. The van der Waals surface area contributed by atoms with Crippen molar-refractivity contribution in [3.63, 3.8) is 0 Å². The Hall–Kier alpha value is -0.0800. The first-order valence-corrected chi connectivity index (χ1v) is 10.2. The molecule has 0 aromatic rings. The highest BCUT2D eigenvalue weighted by molar-refractivity contribution is 4.88. The Morgan fingerprint density at radius 2 is 1.46 bits per heavy atom. The summed E-state index contributed by atoms with van der Waals surface area (Å²) < 4.78 is 5.85. The Kier molecular flexibility index (Phi) is 12.6. The van der Waals surface area contributed by atoms with Crippen molar-refractivity contribution in [1.82, 2.24) is 4.90 Å². The predicted molar refractivity (Wildman–Crippen MR) is 111 cm³/mol. The molecule has 24 heavy (non-hydrogen) atoms. The van der Waals surface area contributed by atoms with Crippen LogP contribution in [0.4, 0.5) is 0 Å². The summed E-state index contributed by atoms with van der Waals surface area (Å²) in [6.07, 6.45) is 2.95. The molecule has 0 spiro atoms. The van der Waals surface area contributed by atoms with E-state index in [1.807, 2.05) is 27.7 Å². The minimum Gasteiger partial charge on any atom is -0.378 e. The van der Waals surface area contributed by atoms with Crippen LogP contribution in [0, 0.1) is 16.2 Å². The van der Waals surface area contributed by atoms with Crippen LogP contribution < -0.4 is 0 Å². The Labute approximate surface area is 154 Å². The monoisotopic (exact) mass is 343 g/mol. The quantitative estimate of drug-likeness (QED) is 0.555. The van der Waals surface area contributed by atoms with Crippen molar-refractivity contribution in [3.05, 3.63) is 0 Å². The molecule has 0 aromatic carbocycles. The van der Waals surface area contributed by atoms with E-state index in [1.54, 1.807) is 0 Å². The first-order valence-electron chi connectivity index (χ1n) is 10.2. The van der Waals surface area contributed by atoms with Crippen LogP contribution >= 0.6 is 0 Å². The molecule has 0 bridgehead atoms. The van der Waals surface area contributed by atoms with E-state index in [0.29, 0.717) is 16.9 Å². The second-order valence-electron chi connectivity index (χ2n) is 9.49. The third-order valence-electron chi connectivity index (χ3n) is 4.17. The van der Waals surface area contributed by atoms with Crippen LogP contribution in [0.1, 0.15) is 95.9 Å². The maximum absolute atomic E-state index is 5.85. The zero-order chi connectivity index (χ0) is 19.6. The maximum atomic E-state index is 5.85. The smallest absolute Gasteiger partial charge is 0.0532 e. The van der Waals surface area contributed by atoms with Gasteiger partial charge in [0.25, 0.3) is 0 Å². The van der Waals surface area contributed by atoms with E-state index in [4.69, 9.17) is 4.74 Å². The molecule has 1 fully saturated rings. The largest absolute Gasteiger partial charge is 0.378 e. The lowest BCUT2D eigenvalue weighted by Gasteiger charge is -2.36. The molecule has 0 radical (unpaired) electrons. The molecular weight excluding hydrogens is 294 g/mol. The molecule has 148 valence electrons. The Balaban J connectivity index is 0. The van der Waals surface area contributed by atoms with Crippen molar-refractivity contribution < 1.29 is 4.74 Å². The van der Waals surface area contributed by atoms with Crippen LogP contribution in [0.3, 0.4) is 0 Å². The average Bonchev–Trinajstić information content (AvgIpc) is 2.55. The Bertz CT molecular complexity index is 305. The topological polar surface area (TPSA) is 12.5 Å². The standard InChI is InChI=1S/C18H37NO.2C2H6/c1-15(2)20-14-18(7,8)13-19-10-9-16(3,4)11-17(5,6)12-19;2*1-2/h15H,9-14H2,1-8H3;2*1-2H3. The van der Waals surface area contributed by atoms with Gasteiger partial charge in [0.2, 0.25) is 0 Å². The summed E-state index contributed by atoms with van der Waals surface area (Å²) >= 11 is 0. The molecule has 0 atom stereocenters. The van der Waals surface area contributed by atoms with E-state index in [9.17, 15) is 0 Å². The lowest BCUT2D eigenvalue weighted by molar-refractivity contribution is 0.00287. The number of ether oxygens (including phenoxy) is 1. The van der Waals surface area contributed by atoms with Gasteiger partial charge < -0.3 is 9.64 Å². The Morgan fingerprint density at radius 1 is 0.958 bits per heavy atom. The van der Waals surface area contributed by atoms with Gasteiger partial charge in [0.05, 0.1) is 12.7 Å². The van der Waals surface area contributed by atoms with Crippen molar-refractivity contribution in [2.75, 3.05) is 26.2 Å². The Morgan fingerprint density at radius 3 is 1.92 bits per heavy atom. The molecular formula is C22H49NO. The van der Waals surface area contributed by atoms with Crippen LogP contribution in [0.25, 0.3) is 0 Å². The summed E-state index contributed by atoms with van der Waals surface area (Å²) in [5.41, 5.74) is 1.11. The fourth-order valence-electron chi connectivity index (χ4n) is 3.76. The summed E-state index contributed by atoms with van der Waals surface area (Å²) in [6, 6.07) is 0. The summed E-state index contributed by atoms with van der Waals surface area (Å²) in [4.78, 5) is 2.67. The van der Waals surface area contributed by atoms with Crippen molar-refractivity contribution in [1.29, 1.82) is 0 Å². The predicted octanol–water partition coefficient (Wildman–Crippen LogP) is 6.64. The minimum atomic E-state index is 0.231. The molecule has 0 amide bonds. The zero-order valence-corrected chi connectivity index (χ0v) is 19.2. The van der Waals surface area contributed by atoms with Crippen LogP contribution in [0.5, 0.6) is 0 Å². The molecule has 0 aromatic heterocycles. The second kappa shape index (κ2) is 11.5.